The van der Waals surface area contributed by atoms with Crippen LogP contribution in [0.4, 0.5) is 0 Å². The molecule has 0 radical (unpaired) electrons. The van der Waals surface area contributed by atoms with Gasteiger partial charge in [0, 0.05) is 11.1 Å². The highest BCUT2D eigenvalue weighted by Gasteiger charge is 2.28. The molecule has 3 heteroatoms. The summed E-state index contributed by atoms with van der Waals surface area (Å²) in [5.74, 6) is 2.39. The summed E-state index contributed by atoms with van der Waals surface area (Å²) in [5.41, 5.74) is 1.22. The molecule has 1 fully saturated rings. The highest BCUT2D eigenvalue weighted by molar-refractivity contribution is 6.31. The van der Waals surface area contributed by atoms with Gasteiger partial charge in [-0.15, -0.1) is 0 Å². The van der Waals surface area contributed by atoms with Gasteiger partial charge in [-0.3, -0.25) is 0 Å². The monoisotopic (exact) mass is 295 g/mol. The van der Waals surface area contributed by atoms with Crippen molar-refractivity contribution < 1.29 is 4.74 Å². The molecule has 20 heavy (non-hydrogen) atoms. The molecule has 1 aliphatic carbocycles. The van der Waals surface area contributed by atoms with Crippen molar-refractivity contribution in [2.24, 2.45) is 11.8 Å². The maximum atomic E-state index is 6.47. The number of nitrogens with one attached hydrogen (secondary N) is 1. The first kappa shape index (κ1) is 15.7. The number of methoxy groups -OCH3 is 1. The van der Waals surface area contributed by atoms with Crippen LogP contribution in [0.2, 0.25) is 5.02 Å². The average Bonchev–Trinajstić information content (AvgIpc) is 2.46. The van der Waals surface area contributed by atoms with Crippen LogP contribution in [0.5, 0.6) is 5.75 Å². The molecule has 1 aromatic rings. The summed E-state index contributed by atoms with van der Waals surface area (Å²) in [5, 5.41) is 4.45. The third-order valence-corrected chi connectivity index (χ3v) is 4.83. The lowest BCUT2D eigenvalue weighted by Gasteiger charge is -2.34. The van der Waals surface area contributed by atoms with Crippen molar-refractivity contribution in [1.29, 1.82) is 0 Å². The van der Waals surface area contributed by atoms with E-state index in [-0.39, 0.29) is 0 Å². The average molecular weight is 296 g/mol. The fourth-order valence-corrected chi connectivity index (χ4v) is 3.54. The Morgan fingerprint density at radius 3 is 2.55 bits per heavy atom. The van der Waals surface area contributed by atoms with Crippen molar-refractivity contribution in [3.8, 4) is 5.75 Å². The Kier molecular flexibility index (Phi) is 5.74. The molecule has 1 N–H and O–H groups in total. The van der Waals surface area contributed by atoms with Gasteiger partial charge in [-0.05, 0) is 48.9 Å². The molecule has 0 amide bonds. The fourth-order valence-electron chi connectivity index (χ4n) is 3.26. The largest absolute Gasteiger partial charge is 0.497 e. The van der Waals surface area contributed by atoms with E-state index >= 15 is 0 Å². The van der Waals surface area contributed by atoms with Gasteiger partial charge in [0.1, 0.15) is 5.75 Å². The summed E-state index contributed by atoms with van der Waals surface area (Å²) in [4.78, 5) is 0. The SMILES string of the molecule is CCNC(c1ccc(OC)cc1Cl)C1CCC(C)CC1. The molecule has 0 bridgehead atoms. The molecule has 0 aromatic heterocycles. The van der Waals surface area contributed by atoms with Gasteiger partial charge >= 0.3 is 0 Å². The Bertz CT molecular complexity index is 427. The topological polar surface area (TPSA) is 21.3 Å². The fraction of sp³-hybridized carbons (Fsp3) is 0.647. The molecule has 1 atom stereocenters. The summed E-state index contributed by atoms with van der Waals surface area (Å²) in [6.45, 7) is 5.49. The summed E-state index contributed by atoms with van der Waals surface area (Å²) in [6, 6.07) is 6.42. The van der Waals surface area contributed by atoms with Crippen molar-refractivity contribution in [1.82, 2.24) is 5.32 Å². The van der Waals surface area contributed by atoms with Gasteiger partial charge in [0.05, 0.1) is 7.11 Å². The summed E-state index contributed by atoms with van der Waals surface area (Å²) in [7, 11) is 1.68. The molecule has 0 saturated heterocycles. The van der Waals surface area contributed by atoms with Gasteiger partial charge in [-0.1, -0.05) is 44.4 Å². The van der Waals surface area contributed by atoms with Crippen LogP contribution < -0.4 is 10.1 Å². The van der Waals surface area contributed by atoms with Gasteiger partial charge in [0.2, 0.25) is 0 Å². The van der Waals surface area contributed by atoms with Crippen molar-refractivity contribution in [2.45, 2.75) is 45.6 Å². The van der Waals surface area contributed by atoms with Crippen LogP contribution in [0.15, 0.2) is 18.2 Å². The molecule has 0 spiro atoms. The third-order valence-electron chi connectivity index (χ3n) is 4.50. The van der Waals surface area contributed by atoms with Gasteiger partial charge in [0.15, 0.2) is 0 Å². The van der Waals surface area contributed by atoms with Crippen LogP contribution in [0.3, 0.4) is 0 Å². The molecule has 0 heterocycles. The van der Waals surface area contributed by atoms with E-state index in [1.807, 2.05) is 12.1 Å². The van der Waals surface area contributed by atoms with E-state index in [1.165, 1.54) is 31.2 Å². The zero-order chi connectivity index (χ0) is 14.5. The van der Waals surface area contributed by atoms with E-state index in [0.29, 0.717) is 12.0 Å². The molecule has 2 rings (SSSR count). The molecule has 1 aliphatic rings. The highest BCUT2D eigenvalue weighted by Crippen LogP contribution is 2.39. The first-order valence-electron chi connectivity index (χ1n) is 7.72. The highest BCUT2D eigenvalue weighted by atomic mass is 35.5. The van der Waals surface area contributed by atoms with E-state index in [1.54, 1.807) is 7.11 Å². The number of hydrogen-bond acceptors (Lipinski definition) is 2. The van der Waals surface area contributed by atoms with E-state index in [4.69, 9.17) is 16.3 Å². The molecule has 1 aromatic carbocycles. The minimum absolute atomic E-state index is 0.367. The number of benzene rings is 1. The Balaban J connectivity index is 2.19. The lowest BCUT2D eigenvalue weighted by molar-refractivity contribution is 0.233. The number of halogens is 1. The number of ether oxygens (including phenoxy) is 1. The first-order chi connectivity index (χ1) is 9.65. The summed E-state index contributed by atoms with van der Waals surface area (Å²) in [6.07, 6.45) is 5.25. The minimum Gasteiger partial charge on any atom is -0.497 e. The molecular weight excluding hydrogens is 270 g/mol. The zero-order valence-electron chi connectivity index (χ0n) is 12.8. The predicted molar refractivity (Wildman–Crippen MR) is 85.5 cm³/mol. The van der Waals surface area contributed by atoms with Gasteiger partial charge < -0.3 is 10.1 Å². The number of rotatable bonds is 5. The normalized spacial score (nSPS) is 24.4. The van der Waals surface area contributed by atoms with Gasteiger partial charge in [-0.2, -0.15) is 0 Å². The Morgan fingerprint density at radius 1 is 1.30 bits per heavy atom. The maximum absolute atomic E-state index is 6.47. The lowest BCUT2D eigenvalue weighted by Crippen LogP contribution is -2.31. The first-order valence-corrected chi connectivity index (χ1v) is 8.10. The Labute approximate surface area is 127 Å². The molecule has 112 valence electrons. The van der Waals surface area contributed by atoms with Crippen LogP contribution in [0.25, 0.3) is 0 Å². The Morgan fingerprint density at radius 2 is 2.00 bits per heavy atom. The van der Waals surface area contributed by atoms with Crippen LogP contribution in [-0.4, -0.2) is 13.7 Å². The summed E-state index contributed by atoms with van der Waals surface area (Å²) >= 11 is 6.47. The smallest absolute Gasteiger partial charge is 0.120 e. The van der Waals surface area contributed by atoms with E-state index in [2.05, 4.69) is 25.2 Å². The van der Waals surface area contributed by atoms with Gasteiger partial charge in [0.25, 0.3) is 0 Å². The predicted octanol–water partition coefficient (Wildman–Crippen LogP) is 4.83. The van der Waals surface area contributed by atoms with Crippen molar-refractivity contribution in [2.75, 3.05) is 13.7 Å². The molecule has 2 nitrogen and oxygen atoms in total. The number of hydrogen-bond donors (Lipinski definition) is 1. The van der Waals surface area contributed by atoms with E-state index in [0.717, 1.165) is 23.2 Å². The lowest BCUT2D eigenvalue weighted by atomic mass is 9.77. The minimum atomic E-state index is 0.367. The molecule has 1 unspecified atom stereocenters. The second-order valence-corrected chi connectivity index (χ2v) is 6.35. The molecule has 1 saturated carbocycles. The summed E-state index contributed by atoms with van der Waals surface area (Å²) < 4.78 is 5.24. The van der Waals surface area contributed by atoms with Crippen molar-refractivity contribution in [3.05, 3.63) is 28.8 Å². The quantitative estimate of drug-likeness (QED) is 0.840. The Hall–Kier alpha value is -0.730. The van der Waals surface area contributed by atoms with Crippen molar-refractivity contribution in [3.63, 3.8) is 0 Å². The van der Waals surface area contributed by atoms with Crippen molar-refractivity contribution >= 4 is 11.6 Å². The second kappa shape index (κ2) is 7.33. The standard InChI is InChI=1S/C17H26ClNO/c1-4-19-17(13-7-5-12(2)6-8-13)15-10-9-14(20-3)11-16(15)18/h9-13,17,19H,4-8H2,1-3H3. The molecule has 0 aliphatic heterocycles. The van der Waals surface area contributed by atoms with Crippen LogP contribution in [0, 0.1) is 11.8 Å². The molecular formula is C17H26ClNO. The van der Waals surface area contributed by atoms with Crippen LogP contribution in [-0.2, 0) is 0 Å². The zero-order valence-corrected chi connectivity index (χ0v) is 13.5. The van der Waals surface area contributed by atoms with Crippen LogP contribution in [0.1, 0.15) is 51.1 Å². The van der Waals surface area contributed by atoms with E-state index < -0.39 is 0 Å². The van der Waals surface area contributed by atoms with Crippen LogP contribution >= 0.6 is 11.6 Å². The third kappa shape index (κ3) is 3.67. The van der Waals surface area contributed by atoms with Gasteiger partial charge in [-0.25, -0.2) is 0 Å². The van der Waals surface area contributed by atoms with E-state index in [9.17, 15) is 0 Å². The maximum Gasteiger partial charge on any atom is 0.120 e. The second-order valence-electron chi connectivity index (χ2n) is 5.94.